The number of para-hydroxylation sites is 2. The fraction of sp³-hybridized carbons (Fsp3) is 0.242. The Morgan fingerprint density at radius 1 is 0.690 bits per heavy atom. The molecule has 42 heavy (non-hydrogen) atoms. The van der Waals surface area contributed by atoms with Crippen molar-refractivity contribution in [1.82, 2.24) is 24.9 Å². The zero-order valence-corrected chi connectivity index (χ0v) is 23.2. The lowest BCUT2D eigenvalue weighted by Crippen LogP contribution is -2.12. The van der Waals surface area contributed by atoms with E-state index in [1.54, 1.807) is 7.11 Å². The Morgan fingerprint density at radius 3 is 1.79 bits per heavy atom. The second-order valence-corrected chi connectivity index (χ2v) is 11.2. The normalized spacial score (nSPS) is 14.9. The van der Waals surface area contributed by atoms with Crippen LogP contribution in [0.1, 0.15) is 48.6 Å². The lowest BCUT2D eigenvalue weighted by Gasteiger charge is -2.18. The molecule has 6 aromatic rings. The molecule has 210 valence electrons. The first-order valence-corrected chi connectivity index (χ1v) is 14.5. The summed E-state index contributed by atoms with van der Waals surface area (Å²) in [4.78, 5) is 21.1. The van der Waals surface area contributed by atoms with Gasteiger partial charge in [0.1, 0.15) is 0 Å². The second kappa shape index (κ2) is 10.1. The van der Waals surface area contributed by atoms with Crippen molar-refractivity contribution >= 4 is 33.7 Å². The third kappa shape index (κ3) is 4.98. The summed E-state index contributed by atoms with van der Waals surface area (Å²) in [5, 5.41) is 9.09. The Hall–Kier alpha value is -5.05. The summed E-state index contributed by atoms with van der Waals surface area (Å²) in [5.41, 5.74) is 5.37. The zero-order chi connectivity index (χ0) is 28.0. The highest BCUT2D eigenvalue weighted by Crippen LogP contribution is 2.40. The maximum atomic E-state index is 6.38. The van der Waals surface area contributed by atoms with Gasteiger partial charge in [-0.2, -0.15) is 15.0 Å². The van der Waals surface area contributed by atoms with Gasteiger partial charge in [-0.3, -0.25) is 0 Å². The lowest BCUT2D eigenvalue weighted by atomic mass is 9.92. The molecule has 0 aliphatic heterocycles. The molecule has 4 N–H and O–H groups in total. The molecule has 8 rings (SSSR count). The quantitative estimate of drug-likeness (QED) is 0.144. The van der Waals surface area contributed by atoms with Crippen LogP contribution >= 0.6 is 0 Å². The van der Waals surface area contributed by atoms with Crippen molar-refractivity contribution in [3.05, 3.63) is 95.8 Å². The van der Waals surface area contributed by atoms with Gasteiger partial charge in [-0.15, -0.1) is 0 Å². The van der Waals surface area contributed by atoms with E-state index in [1.165, 1.54) is 0 Å². The molecule has 0 amide bonds. The maximum absolute atomic E-state index is 6.38. The number of rotatable bonds is 10. The third-order valence-corrected chi connectivity index (χ3v) is 7.88. The van der Waals surface area contributed by atoms with E-state index in [1.807, 2.05) is 24.3 Å². The van der Waals surface area contributed by atoms with Gasteiger partial charge in [0.25, 0.3) is 0 Å². The summed E-state index contributed by atoms with van der Waals surface area (Å²) in [6, 6.07) is 28.2. The molecule has 0 saturated heterocycles. The number of nitrogens with one attached hydrogen (secondary N) is 4. The number of hydrogen-bond donors (Lipinski definition) is 4. The Labute approximate surface area is 242 Å². The fourth-order valence-corrected chi connectivity index (χ4v) is 5.43. The molecule has 3 aromatic carbocycles. The first kappa shape index (κ1) is 24.7. The number of aromatic nitrogens is 5. The smallest absolute Gasteiger partial charge is 0.328 e. The Kier molecular flexibility index (Phi) is 5.94. The van der Waals surface area contributed by atoms with Crippen molar-refractivity contribution in [2.24, 2.45) is 0 Å². The van der Waals surface area contributed by atoms with E-state index in [9.17, 15) is 0 Å². The number of fused-ring (bicyclic) bond motifs is 2. The summed E-state index contributed by atoms with van der Waals surface area (Å²) in [6.07, 6.45) is 4.47. The van der Waals surface area contributed by atoms with Crippen molar-refractivity contribution in [1.29, 1.82) is 0 Å². The molecule has 2 fully saturated rings. The van der Waals surface area contributed by atoms with Crippen LogP contribution in [0.25, 0.3) is 21.8 Å². The van der Waals surface area contributed by atoms with Crippen molar-refractivity contribution in [2.75, 3.05) is 17.7 Å². The fourth-order valence-electron chi connectivity index (χ4n) is 5.43. The van der Waals surface area contributed by atoms with Crippen LogP contribution in [0, 0.1) is 0 Å². The molecule has 3 heterocycles. The van der Waals surface area contributed by atoms with E-state index in [-0.39, 0.29) is 11.9 Å². The topological polar surface area (TPSA) is 113 Å². The summed E-state index contributed by atoms with van der Waals surface area (Å²) in [7, 11) is 1.64. The molecule has 0 bridgehead atoms. The number of methoxy groups -OCH3 is 1. The average molecular weight is 558 g/mol. The van der Waals surface area contributed by atoms with Crippen LogP contribution < -0.4 is 20.1 Å². The molecular formula is C33H31N7O2. The van der Waals surface area contributed by atoms with Gasteiger partial charge in [-0.25, -0.2) is 0 Å². The standard InChI is InChI=1S/C33H31N7O2/c1-41-28-15-10-21(18-29(28)42-33-39-31(34-22-11-12-22)38-32(40-33)35-23-13-14-23)30(26-16-19-6-2-4-8-24(19)36-26)27-17-20-7-3-5-9-25(20)37-27/h2-10,15-18,22-23,30,36-37H,11-14H2,1H3,(H2,34,35,38,39,40). The highest BCUT2D eigenvalue weighted by Gasteiger charge is 2.27. The van der Waals surface area contributed by atoms with E-state index in [0.29, 0.717) is 35.5 Å². The summed E-state index contributed by atoms with van der Waals surface area (Å²) >= 11 is 0. The second-order valence-electron chi connectivity index (χ2n) is 11.2. The van der Waals surface area contributed by atoms with Gasteiger partial charge in [0.2, 0.25) is 11.9 Å². The predicted molar refractivity (Wildman–Crippen MR) is 164 cm³/mol. The Balaban J connectivity index is 1.21. The minimum absolute atomic E-state index is 0.115. The number of anilines is 2. The minimum atomic E-state index is -0.115. The number of benzene rings is 3. The number of aromatic amines is 2. The molecule has 0 radical (unpaired) electrons. The van der Waals surface area contributed by atoms with Gasteiger partial charge in [0.15, 0.2) is 11.5 Å². The van der Waals surface area contributed by atoms with Crippen molar-refractivity contribution in [2.45, 2.75) is 43.7 Å². The minimum Gasteiger partial charge on any atom is -0.493 e. The number of hydrogen-bond acceptors (Lipinski definition) is 7. The average Bonchev–Trinajstić information content (AvgIpc) is 3.91. The van der Waals surface area contributed by atoms with Crippen LogP contribution in [-0.4, -0.2) is 44.1 Å². The van der Waals surface area contributed by atoms with Gasteiger partial charge < -0.3 is 30.1 Å². The molecule has 0 spiro atoms. The highest BCUT2D eigenvalue weighted by atomic mass is 16.5. The summed E-state index contributed by atoms with van der Waals surface area (Å²) in [5.74, 6) is 2.06. The van der Waals surface area contributed by atoms with Crippen LogP contribution in [-0.2, 0) is 0 Å². The summed E-state index contributed by atoms with van der Waals surface area (Å²) < 4.78 is 12.1. The van der Waals surface area contributed by atoms with Gasteiger partial charge in [-0.1, -0.05) is 42.5 Å². The summed E-state index contributed by atoms with van der Waals surface area (Å²) in [6.45, 7) is 0. The van der Waals surface area contributed by atoms with Gasteiger partial charge in [0, 0.05) is 34.5 Å². The van der Waals surface area contributed by atoms with Crippen molar-refractivity contribution < 1.29 is 9.47 Å². The van der Waals surface area contributed by atoms with E-state index < -0.39 is 0 Å². The maximum Gasteiger partial charge on any atom is 0.328 e. The molecule has 0 unspecified atom stereocenters. The molecular weight excluding hydrogens is 526 g/mol. The monoisotopic (exact) mass is 557 g/mol. The first-order valence-electron chi connectivity index (χ1n) is 14.5. The number of ether oxygens (including phenoxy) is 2. The number of nitrogens with zero attached hydrogens (tertiary/aromatic N) is 3. The van der Waals surface area contributed by atoms with Crippen LogP contribution in [0.2, 0.25) is 0 Å². The molecule has 2 aliphatic rings. The molecule has 2 aliphatic carbocycles. The molecule has 3 aromatic heterocycles. The van der Waals surface area contributed by atoms with Crippen LogP contribution in [0.3, 0.4) is 0 Å². The molecule has 9 nitrogen and oxygen atoms in total. The SMILES string of the molecule is COc1ccc(C(c2cc3ccccc3[nH]2)c2cc3ccccc3[nH]2)cc1Oc1nc(NC2CC2)nc(NC2CC2)n1. The molecule has 9 heteroatoms. The van der Waals surface area contributed by atoms with Gasteiger partial charge in [-0.05, 0) is 78.4 Å². The largest absolute Gasteiger partial charge is 0.493 e. The Morgan fingerprint density at radius 2 is 1.26 bits per heavy atom. The van der Waals surface area contributed by atoms with E-state index >= 15 is 0 Å². The number of H-pyrrole nitrogens is 2. The van der Waals surface area contributed by atoms with Crippen LogP contribution in [0.5, 0.6) is 17.5 Å². The lowest BCUT2D eigenvalue weighted by molar-refractivity contribution is 0.367. The molecule has 0 atom stereocenters. The van der Waals surface area contributed by atoms with Crippen molar-refractivity contribution in [3.8, 4) is 17.5 Å². The highest BCUT2D eigenvalue weighted by molar-refractivity contribution is 5.83. The molecule has 2 saturated carbocycles. The van der Waals surface area contributed by atoms with Crippen LogP contribution in [0.4, 0.5) is 11.9 Å². The predicted octanol–water partition coefficient (Wildman–Crippen LogP) is 6.96. The Bertz CT molecular complexity index is 1730. The van der Waals surface area contributed by atoms with Crippen molar-refractivity contribution in [3.63, 3.8) is 0 Å². The first-order chi connectivity index (χ1) is 20.7. The van der Waals surface area contributed by atoms with Crippen LogP contribution in [0.15, 0.2) is 78.9 Å². The van der Waals surface area contributed by atoms with E-state index in [4.69, 9.17) is 9.47 Å². The third-order valence-electron chi connectivity index (χ3n) is 7.88. The zero-order valence-electron chi connectivity index (χ0n) is 23.2. The van der Waals surface area contributed by atoms with E-state index in [0.717, 1.165) is 64.4 Å². The van der Waals surface area contributed by atoms with E-state index in [2.05, 4.69) is 90.2 Å². The van der Waals surface area contributed by atoms with Gasteiger partial charge in [0.05, 0.1) is 13.0 Å². The van der Waals surface area contributed by atoms with Gasteiger partial charge >= 0.3 is 6.01 Å².